The SMILES string of the molecule is C#Cc1cccc(CC(C)(O)C(=O)O)c1. The standard InChI is InChI=1S/C12H12O3/c1-3-9-5-4-6-10(7-9)8-12(2,15)11(13)14/h1,4-7,15H,8H2,2H3,(H,13,14). The van der Waals surface area contributed by atoms with Crippen molar-refractivity contribution in [3.63, 3.8) is 0 Å². The third-order valence-electron chi connectivity index (χ3n) is 2.10. The van der Waals surface area contributed by atoms with Gasteiger partial charge in [0.25, 0.3) is 0 Å². The molecule has 0 fully saturated rings. The fourth-order valence-corrected chi connectivity index (χ4v) is 1.24. The number of carbonyl (C=O) groups is 1. The lowest BCUT2D eigenvalue weighted by atomic mass is 9.96. The Morgan fingerprint density at radius 1 is 1.60 bits per heavy atom. The van der Waals surface area contributed by atoms with Crippen molar-refractivity contribution < 1.29 is 15.0 Å². The van der Waals surface area contributed by atoms with Gasteiger partial charge in [0.15, 0.2) is 5.60 Å². The molecule has 1 unspecified atom stereocenters. The van der Waals surface area contributed by atoms with Gasteiger partial charge in [-0.2, -0.15) is 0 Å². The summed E-state index contributed by atoms with van der Waals surface area (Å²) >= 11 is 0. The Morgan fingerprint density at radius 3 is 2.80 bits per heavy atom. The Balaban J connectivity index is 2.91. The van der Waals surface area contributed by atoms with Gasteiger partial charge in [0.05, 0.1) is 0 Å². The van der Waals surface area contributed by atoms with Crippen molar-refractivity contribution in [2.45, 2.75) is 18.9 Å². The summed E-state index contributed by atoms with van der Waals surface area (Å²) in [6.07, 6.45) is 5.25. The molecule has 0 aliphatic heterocycles. The van der Waals surface area contributed by atoms with Gasteiger partial charge in [-0.1, -0.05) is 18.1 Å². The number of aliphatic hydroxyl groups is 1. The quantitative estimate of drug-likeness (QED) is 0.723. The Labute approximate surface area is 88.4 Å². The molecule has 15 heavy (non-hydrogen) atoms. The number of aliphatic carboxylic acids is 1. The molecular weight excluding hydrogens is 192 g/mol. The molecule has 0 aliphatic carbocycles. The van der Waals surface area contributed by atoms with Crippen molar-refractivity contribution in [3.05, 3.63) is 35.4 Å². The van der Waals surface area contributed by atoms with E-state index in [1.54, 1.807) is 24.3 Å². The molecule has 0 saturated carbocycles. The van der Waals surface area contributed by atoms with E-state index in [9.17, 15) is 9.90 Å². The molecule has 1 atom stereocenters. The molecule has 0 bridgehead atoms. The van der Waals surface area contributed by atoms with E-state index in [4.69, 9.17) is 11.5 Å². The highest BCUT2D eigenvalue weighted by Gasteiger charge is 2.29. The highest BCUT2D eigenvalue weighted by atomic mass is 16.4. The lowest BCUT2D eigenvalue weighted by Crippen LogP contribution is -2.37. The molecule has 1 aromatic rings. The zero-order valence-electron chi connectivity index (χ0n) is 8.40. The number of carboxylic acids is 1. The van der Waals surface area contributed by atoms with Crippen LogP contribution >= 0.6 is 0 Å². The monoisotopic (exact) mass is 204 g/mol. The van der Waals surface area contributed by atoms with Crippen LogP contribution in [-0.2, 0) is 11.2 Å². The minimum atomic E-state index is -1.76. The molecule has 0 aliphatic rings. The molecule has 0 amide bonds. The highest BCUT2D eigenvalue weighted by Crippen LogP contribution is 2.14. The summed E-state index contributed by atoms with van der Waals surface area (Å²) < 4.78 is 0. The minimum absolute atomic E-state index is 0.0395. The first-order valence-corrected chi connectivity index (χ1v) is 4.47. The second kappa shape index (κ2) is 4.16. The average molecular weight is 204 g/mol. The molecule has 1 rings (SSSR count). The molecule has 0 radical (unpaired) electrons. The van der Waals surface area contributed by atoms with Crippen LogP contribution in [0.25, 0.3) is 0 Å². The first-order valence-electron chi connectivity index (χ1n) is 4.47. The van der Waals surface area contributed by atoms with Gasteiger partial charge in [0, 0.05) is 12.0 Å². The zero-order valence-corrected chi connectivity index (χ0v) is 8.40. The molecule has 0 saturated heterocycles. The number of hydrogen-bond acceptors (Lipinski definition) is 2. The van der Waals surface area contributed by atoms with E-state index in [1.165, 1.54) is 6.92 Å². The van der Waals surface area contributed by atoms with Crippen molar-refractivity contribution >= 4 is 5.97 Å². The lowest BCUT2D eigenvalue weighted by molar-refractivity contribution is -0.156. The van der Waals surface area contributed by atoms with Crippen LogP contribution in [0, 0.1) is 12.3 Å². The average Bonchev–Trinajstić information content (AvgIpc) is 2.17. The number of rotatable bonds is 3. The summed E-state index contributed by atoms with van der Waals surface area (Å²) in [6, 6.07) is 6.91. The van der Waals surface area contributed by atoms with Crippen molar-refractivity contribution in [1.29, 1.82) is 0 Å². The summed E-state index contributed by atoms with van der Waals surface area (Å²) in [7, 11) is 0. The summed E-state index contributed by atoms with van der Waals surface area (Å²) in [4.78, 5) is 10.7. The van der Waals surface area contributed by atoms with Crippen LogP contribution in [0.1, 0.15) is 18.1 Å². The van der Waals surface area contributed by atoms with E-state index >= 15 is 0 Å². The maximum atomic E-state index is 10.7. The summed E-state index contributed by atoms with van der Waals surface area (Å²) in [5.74, 6) is 1.21. The maximum absolute atomic E-state index is 10.7. The van der Waals surface area contributed by atoms with Crippen LogP contribution in [0.3, 0.4) is 0 Å². The molecule has 3 nitrogen and oxygen atoms in total. The third kappa shape index (κ3) is 2.83. The van der Waals surface area contributed by atoms with Crippen molar-refractivity contribution in [1.82, 2.24) is 0 Å². The van der Waals surface area contributed by atoms with Gasteiger partial charge in [-0.3, -0.25) is 0 Å². The first-order chi connectivity index (χ1) is 6.95. The molecule has 2 N–H and O–H groups in total. The van der Waals surface area contributed by atoms with E-state index in [0.29, 0.717) is 11.1 Å². The number of benzene rings is 1. The summed E-state index contributed by atoms with van der Waals surface area (Å²) in [6.45, 7) is 1.26. The van der Waals surface area contributed by atoms with Gasteiger partial charge in [-0.25, -0.2) is 4.79 Å². The normalized spacial score (nSPS) is 13.9. The largest absolute Gasteiger partial charge is 0.479 e. The van der Waals surface area contributed by atoms with E-state index in [-0.39, 0.29) is 6.42 Å². The van der Waals surface area contributed by atoms with Gasteiger partial charge in [0.1, 0.15) is 0 Å². The molecule has 78 valence electrons. The fraction of sp³-hybridized carbons (Fsp3) is 0.250. The third-order valence-corrected chi connectivity index (χ3v) is 2.10. The molecule has 0 heterocycles. The van der Waals surface area contributed by atoms with Gasteiger partial charge < -0.3 is 10.2 Å². The van der Waals surface area contributed by atoms with E-state index in [1.807, 2.05) is 0 Å². The topological polar surface area (TPSA) is 57.5 Å². The molecule has 3 heteroatoms. The Bertz CT molecular complexity index is 413. The van der Waals surface area contributed by atoms with E-state index in [2.05, 4.69) is 5.92 Å². The van der Waals surface area contributed by atoms with Crippen LogP contribution < -0.4 is 0 Å². The summed E-state index contributed by atoms with van der Waals surface area (Å²) in [5, 5.41) is 18.3. The van der Waals surface area contributed by atoms with Crippen LogP contribution in [-0.4, -0.2) is 21.8 Å². The highest BCUT2D eigenvalue weighted by molar-refractivity contribution is 5.77. The molecule has 0 spiro atoms. The fourth-order valence-electron chi connectivity index (χ4n) is 1.24. The zero-order chi connectivity index (χ0) is 11.5. The second-order valence-electron chi connectivity index (χ2n) is 3.60. The Hall–Kier alpha value is -1.79. The Kier molecular flexibility index (Phi) is 3.13. The van der Waals surface area contributed by atoms with E-state index < -0.39 is 11.6 Å². The van der Waals surface area contributed by atoms with Crippen molar-refractivity contribution in [2.75, 3.05) is 0 Å². The maximum Gasteiger partial charge on any atom is 0.335 e. The van der Waals surface area contributed by atoms with Crippen LogP contribution in [0.4, 0.5) is 0 Å². The molecular formula is C12H12O3. The smallest absolute Gasteiger partial charge is 0.335 e. The molecule has 1 aromatic carbocycles. The van der Waals surface area contributed by atoms with Gasteiger partial charge in [0.2, 0.25) is 0 Å². The lowest BCUT2D eigenvalue weighted by Gasteiger charge is -2.17. The van der Waals surface area contributed by atoms with E-state index in [0.717, 1.165) is 0 Å². The predicted molar refractivity (Wildman–Crippen MR) is 56.3 cm³/mol. The second-order valence-corrected chi connectivity index (χ2v) is 3.60. The first kappa shape index (κ1) is 11.3. The van der Waals surface area contributed by atoms with Gasteiger partial charge in [-0.15, -0.1) is 6.42 Å². The predicted octanol–water partition coefficient (Wildman–Crippen LogP) is 1.05. The van der Waals surface area contributed by atoms with Crippen molar-refractivity contribution in [3.8, 4) is 12.3 Å². The van der Waals surface area contributed by atoms with Crippen LogP contribution in [0.5, 0.6) is 0 Å². The number of carboxylic acid groups (broad SMARTS) is 1. The van der Waals surface area contributed by atoms with Crippen LogP contribution in [0.15, 0.2) is 24.3 Å². The minimum Gasteiger partial charge on any atom is -0.479 e. The Morgan fingerprint density at radius 2 is 2.27 bits per heavy atom. The van der Waals surface area contributed by atoms with Gasteiger partial charge in [-0.05, 0) is 24.6 Å². The van der Waals surface area contributed by atoms with Gasteiger partial charge >= 0.3 is 5.97 Å². The van der Waals surface area contributed by atoms with Crippen molar-refractivity contribution in [2.24, 2.45) is 0 Å². The van der Waals surface area contributed by atoms with Crippen LogP contribution in [0.2, 0.25) is 0 Å². The number of hydrogen-bond donors (Lipinski definition) is 2. The summed E-state index contributed by atoms with van der Waals surface area (Å²) in [5.41, 5.74) is -0.376. The number of terminal acetylenes is 1. The molecule has 0 aromatic heterocycles.